The number of rotatable bonds is 3. The molecular weight excluding hydrogens is 318 g/mol. The van der Waals surface area contributed by atoms with E-state index in [1.54, 1.807) is 36.4 Å². The summed E-state index contributed by atoms with van der Waals surface area (Å²) in [7, 11) is 0. The van der Waals surface area contributed by atoms with E-state index in [2.05, 4.69) is 5.32 Å². The predicted molar refractivity (Wildman–Crippen MR) is 91.6 cm³/mol. The third-order valence-electron chi connectivity index (χ3n) is 4.96. The number of nitrogens with one attached hydrogen (secondary N) is 1. The largest absolute Gasteiger partial charge is 0.366 e. The molecule has 6 heteroatoms. The van der Waals surface area contributed by atoms with Crippen molar-refractivity contribution in [2.75, 3.05) is 11.4 Å². The maximum Gasteiger partial charge on any atom is 0.248 e. The van der Waals surface area contributed by atoms with Gasteiger partial charge in [0, 0.05) is 18.2 Å². The molecule has 3 atom stereocenters. The number of para-hydroxylation sites is 1. The van der Waals surface area contributed by atoms with Crippen molar-refractivity contribution in [2.24, 2.45) is 17.6 Å². The van der Waals surface area contributed by atoms with Crippen molar-refractivity contribution in [3.05, 3.63) is 65.7 Å². The average molecular weight is 335 g/mol. The lowest BCUT2D eigenvalue weighted by atomic mass is 9.88. The van der Waals surface area contributed by atoms with Gasteiger partial charge in [-0.1, -0.05) is 30.3 Å². The minimum Gasteiger partial charge on any atom is -0.366 e. The monoisotopic (exact) mass is 335 g/mol. The van der Waals surface area contributed by atoms with E-state index in [4.69, 9.17) is 5.73 Å². The van der Waals surface area contributed by atoms with Gasteiger partial charge in [-0.15, -0.1) is 0 Å². The highest BCUT2D eigenvalue weighted by atomic mass is 16.2. The Kier molecular flexibility index (Phi) is 3.62. The van der Waals surface area contributed by atoms with Crippen LogP contribution in [-0.4, -0.2) is 24.3 Å². The second-order valence-electron chi connectivity index (χ2n) is 6.35. The summed E-state index contributed by atoms with van der Waals surface area (Å²) in [6, 6.07) is 15.6. The molecule has 3 unspecified atom stereocenters. The molecule has 2 heterocycles. The molecule has 0 spiro atoms. The highest BCUT2D eigenvalue weighted by Crippen LogP contribution is 2.42. The minimum atomic E-state index is -0.494. The fourth-order valence-electron chi connectivity index (χ4n) is 3.73. The molecule has 2 aromatic carbocycles. The molecule has 0 saturated carbocycles. The number of anilines is 1. The van der Waals surface area contributed by atoms with Crippen LogP contribution >= 0.6 is 0 Å². The zero-order valence-electron chi connectivity index (χ0n) is 13.4. The van der Waals surface area contributed by atoms with Gasteiger partial charge in [0.15, 0.2) is 0 Å². The molecular formula is C19H17N3O3. The summed E-state index contributed by atoms with van der Waals surface area (Å²) >= 11 is 0. The van der Waals surface area contributed by atoms with Gasteiger partial charge < -0.3 is 11.1 Å². The lowest BCUT2D eigenvalue weighted by molar-refractivity contribution is -0.123. The molecule has 3 amide bonds. The van der Waals surface area contributed by atoms with Crippen LogP contribution in [0.15, 0.2) is 54.6 Å². The Morgan fingerprint density at radius 1 is 1.00 bits per heavy atom. The van der Waals surface area contributed by atoms with Crippen LogP contribution in [-0.2, 0) is 9.59 Å². The van der Waals surface area contributed by atoms with Gasteiger partial charge in [0.2, 0.25) is 17.7 Å². The van der Waals surface area contributed by atoms with Crippen molar-refractivity contribution in [1.29, 1.82) is 0 Å². The number of carbonyl (C=O) groups excluding carboxylic acids is 3. The number of primary amides is 1. The second-order valence-corrected chi connectivity index (χ2v) is 6.35. The Morgan fingerprint density at radius 3 is 2.32 bits per heavy atom. The van der Waals surface area contributed by atoms with Crippen molar-refractivity contribution in [1.82, 2.24) is 5.32 Å². The molecule has 25 heavy (non-hydrogen) atoms. The maximum absolute atomic E-state index is 12.9. The van der Waals surface area contributed by atoms with Gasteiger partial charge in [-0.25, -0.2) is 4.90 Å². The minimum absolute atomic E-state index is 0.162. The van der Waals surface area contributed by atoms with E-state index < -0.39 is 11.8 Å². The smallest absolute Gasteiger partial charge is 0.248 e. The molecule has 4 rings (SSSR count). The molecule has 0 radical (unpaired) electrons. The van der Waals surface area contributed by atoms with Gasteiger partial charge in [-0.3, -0.25) is 14.4 Å². The first-order chi connectivity index (χ1) is 12.1. The van der Waals surface area contributed by atoms with Crippen LogP contribution in [0.1, 0.15) is 22.0 Å². The fourth-order valence-corrected chi connectivity index (χ4v) is 3.73. The Labute approximate surface area is 144 Å². The van der Waals surface area contributed by atoms with E-state index in [1.807, 2.05) is 18.2 Å². The van der Waals surface area contributed by atoms with E-state index in [0.29, 0.717) is 17.8 Å². The van der Waals surface area contributed by atoms with Crippen LogP contribution < -0.4 is 16.0 Å². The summed E-state index contributed by atoms with van der Waals surface area (Å²) in [5.41, 5.74) is 7.16. The molecule has 2 aliphatic rings. The molecule has 3 N–H and O–H groups in total. The first kappa shape index (κ1) is 15.5. The number of fused-ring (bicyclic) bond motifs is 1. The molecule has 2 aliphatic heterocycles. The van der Waals surface area contributed by atoms with Gasteiger partial charge in [0.05, 0.1) is 17.5 Å². The molecule has 2 aromatic rings. The number of nitrogens with two attached hydrogens (primary N) is 1. The number of nitrogens with zero attached hydrogens (tertiary/aromatic N) is 1. The summed E-state index contributed by atoms with van der Waals surface area (Å²) in [5.74, 6) is -1.65. The summed E-state index contributed by atoms with van der Waals surface area (Å²) in [4.78, 5) is 38.2. The van der Waals surface area contributed by atoms with Crippen molar-refractivity contribution in [2.45, 2.75) is 6.04 Å². The van der Waals surface area contributed by atoms with E-state index in [-0.39, 0.29) is 23.8 Å². The van der Waals surface area contributed by atoms with Crippen molar-refractivity contribution in [3.8, 4) is 0 Å². The van der Waals surface area contributed by atoms with E-state index in [1.165, 1.54) is 4.90 Å². The van der Waals surface area contributed by atoms with Crippen LogP contribution in [0.4, 0.5) is 5.69 Å². The Hall–Kier alpha value is -2.99. The third kappa shape index (κ3) is 2.42. The summed E-state index contributed by atoms with van der Waals surface area (Å²) in [6.45, 7) is 0.459. The lowest BCUT2D eigenvalue weighted by Gasteiger charge is -2.20. The zero-order chi connectivity index (χ0) is 17.6. The Balaban J connectivity index is 1.65. The normalized spacial score (nSPS) is 25.3. The first-order valence-electron chi connectivity index (χ1n) is 8.14. The first-order valence-corrected chi connectivity index (χ1v) is 8.14. The lowest BCUT2D eigenvalue weighted by Crippen LogP contribution is -2.35. The van der Waals surface area contributed by atoms with Crippen LogP contribution in [0, 0.1) is 11.8 Å². The third-order valence-corrected chi connectivity index (χ3v) is 4.96. The quantitative estimate of drug-likeness (QED) is 0.825. The SMILES string of the molecule is NC(=O)c1ccc(C2NCC3C(=O)N(c4ccccc4)C(=O)C32)cc1. The van der Waals surface area contributed by atoms with Gasteiger partial charge in [-0.05, 0) is 29.8 Å². The van der Waals surface area contributed by atoms with Crippen LogP contribution in [0.25, 0.3) is 0 Å². The van der Waals surface area contributed by atoms with Crippen molar-refractivity contribution in [3.63, 3.8) is 0 Å². The number of amides is 3. The molecule has 126 valence electrons. The maximum atomic E-state index is 12.9. The average Bonchev–Trinajstić information content (AvgIpc) is 3.16. The Bertz CT molecular complexity index is 848. The molecule has 2 saturated heterocycles. The standard InChI is InChI=1S/C19H17N3O3/c20-17(23)12-8-6-11(7-9-12)16-15-14(10-21-16)18(24)22(19(15)25)13-4-2-1-3-5-13/h1-9,14-16,21H,10H2,(H2,20,23). The molecule has 0 aliphatic carbocycles. The van der Waals surface area contributed by atoms with Crippen molar-refractivity contribution >= 4 is 23.4 Å². The summed E-state index contributed by atoms with van der Waals surface area (Å²) in [6.07, 6.45) is 0. The van der Waals surface area contributed by atoms with Crippen LogP contribution in [0.3, 0.4) is 0 Å². The molecule has 2 fully saturated rings. The zero-order valence-corrected chi connectivity index (χ0v) is 13.4. The summed E-state index contributed by atoms with van der Waals surface area (Å²) < 4.78 is 0. The van der Waals surface area contributed by atoms with E-state index in [0.717, 1.165) is 5.56 Å². The number of imide groups is 1. The molecule has 6 nitrogen and oxygen atoms in total. The topological polar surface area (TPSA) is 92.5 Å². The summed E-state index contributed by atoms with van der Waals surface area (Å²) in [5, 5.41) is 3.27. The number of hydrogen-bond donors (Lipinski definition) is 2. The van der Waals surface area contributed by atoms with E-state index in [9.17, 15) is 14.4 Å². The van der Waals surface area contributed by atoms with Crippen molar-refractivity contribution < 1.29 is 14.4 Å². The number of carbonyl (C=O) groups is 3. The second kappa shape index (κ2) is 5.82. The van der Waals surface area contributed by atoms with Crippen LogP contribution in [0.2, 0.25) is 0 Å². The van der Waals surface area contributed by atoms with E-state index >= 15 is 0 Å². The molecule has 0 bridgehead atoms. The predicted octanol–water partition coefficient (Wildman–Crippen LogP) is 1.24. The Morgan fingerprint density at radius 2 is 1.68 bits per heavy atom. The number of benzene rings is 2. The van der Waals surface area contributed by atoms with Gasteiger partial charge in [0.1, 0.15) is 0 Å². The number of hydrogen-bond acceptors (Lipinski definition) is 4. The molecule has 0 aromatic heterocycles. The van der Waals surface area contributed by atoms with Crippen LogP contribution in [0.5, 0.6) is 0 Å². The highest BCUT2D eigenvalue weighted by Gasteiger charge is 2.55. The fraction of sp³-hybridized carbons (Fsp3) is 0.211. The van der Waals surface area contributed by atoms with Gasteiger partial charge >= 0.3 is 0 Å². The van der Waals surface area contributed by atoms with Gasteiger partial charge in [0.25, 0.3) is 0 Å². The van der Waals surface area contributed by atoms with Gasteiger partial charge in [-0.2, -0.15) is 0 Å². The highest BCUT2D eigenvalue weighted by molar-refractivity contribution is 6.22.